The molecule has 1 aliphatic rings. The lowest BCUT2D eigenvalue weighted by Gasteiger charge is -2.18. The summed E-state index contributed by atoms with van der Waals surface area (Å²) in [6, 6.07) is 2.11. The SMILES string of the molecule is CC(C)NC(=O)CCc1cc2n(n1)CCCN(C(=O)c1nn(C)cc1Cl)C2. The summed E-state index contributed by atoms with van der Waals surface area (Å²) in [6.07, 6.45) is 3.41. The molecule has 2 aromatic rings. The third-order valence-electron chi connectivity index (χ3n) is 4.40. The molecular weight excluding hydrogens is 368 g/mol. The van der Waals surface area contributed by atoms with E-state index in [9.17, 15) is 9.59 Å². The fourth-order valence-electron chi connectivity index (χ4n) is 3.21. The molecule has 9 heteroatoms. The summed E-state index contributed by atoms with van der Waals surface area (Å²) in [7, 11) is 1.74. The van der Waals surface area contributed by atoms with Gasteiger partial charge >= 0.3 is 0 Å². The molecule has 27 heavy (non-hydrogen) atoms. The summed E-state index contributed by atoms with van der Waals surface area (Å²) in [5, 5.41) is 12.0. The van der Waals surface area contributed by atoms with E-state index in [2.05, 4.69) is 15.5 Å². The van der Waals surface area contributed by atoms with Crippen molar-refractivity contribution in [1.82, 2.24) is 29.8 Å². The molecule has 2 aromatic heterocycles. The fourth-order valence-corrected chi connectivity index (χ4v) is 3.47. The van der Waals surface area contributed by atoms with Gasteiger partial charge in [-0.25, -0.2) is 0 Å². The maximum Gasteiger partial charge on any atom is 0.276 e. The summed E-state index contributed by atoms with van der Waals surface area (Å²) in [5.74, 6) is -0.150. The quantitative estimate of drug-likeness (QED) is 0.840. The minimum absolute atomic E-state index is 0.0230. The van der Waals surface area contributed by atoms with Crippen LogP contribution in [-0.2, 0) is 31.4 Å². The van der Waals surface area contributed by atoms with Crippen LogP contribution in [0.15, 0.2) is 12.3 Å². The fraction of sp³-hybridized carbons (Fsp3) is 0.556. The molecule has 0 radical (unpaired) electrons. The van der Waals surface area contributed by atoms with E-state index in [0.29, 0.717) is 31.0 Å². The minimum Gasteiger partial charge on any atom is -0.354 e. The van der Waals surface area contributed by atoms with Crippen molar-refractivity contribution in [3.63, 3.8) is 0 Å². The number of halogens is 1. The van der Waals surface area contributed by atoms with Crippen LogP contribution in [0.25, 0.3) is 0 Å². The Balaban J connectivity index is 1.68. The first-order chi connectivity index (χ1) is 12.8. The van der Waals surface area contributed by atoms with Crippen LogP contribution in [0.5, 0.6) is 0 Å². The molecule has 0 aromatic carbocycles. The smallest absolute Gasteiger partial charge is 0.276 e. The molecule has 1 aliphatic heterocycles. The molecule has 0 spiro atoms. The Morgan fingerprint density at radius 3 is 2.74 bits per heavy atom. The van der Waals surface area contributed by atoms with E-state index in [-0.39, 0.29) is 23.6 Å². The number of rotatable bonds is 5. The average molecular weight is 393 g/mol. The molecule has 0 unspecified atom stereocenters. The van der Waals surface area contributed by atoms with Crippen molar-refractivity contribution in [1.29, 1.82) is 0 Å². The molecule has 146 valence electrons. The summed E-state index contributed by atoms with van der Waals surface area (Å²) < 4.78 is 3.47. The molecule has 1 N–H and O–H groups in total. The third kappa shape index (κ3) is 4.68. The van der Waals surface area contributed by atoms with Crippen LogP contribution < -0.4 is 5.32 Å². The highest BCUT2D eigenvalue weighted by Crippen LogP contribution is 2.20. The largest absolute Gasteiger partial charge is 0.354 e. The van der Waals surface area contributed by atoms with Crippen molar-refractivity contribution in [2.24, 2.45) is 7.05 Å². The molecule has 3 rings (SSSR count). The van der Waals surface area contributed by atoms with Gasteiger partial charge in [-0.05, 0) is 26.3 Å². The number of hydrogen-bond acceptors (Lipinski definition) is 4. The van der Waals surface area contributed by atoms with Gasteiger partial charge in [0.15, 0.2) is 5.69 Å². The van der Waals surface area contributed by atoms with E-state index < -0.39 is 0 Å². The number of carbonyl (C=O) groups excluding carboxylic acids is 2. The van der Waals surface area contributed by atoms with Gasteiger partial charge in [-0.2, -0.15) is 10.2 Å². The third-order valence-corrected chi connectivity index (χ3v) is 4.67. The van der Waals surface area contributed by atoms with Crippen LogP contribution in [0.4, 0.5) is 0 Å². The standard InChI is InChI=1S/C18H25ClN6O2/c1-12(2)20-16(26)6-5-13-9-14-10-24(7-4-8-25(14)21-13)18(27)17-15(19)11-23(3)22-17/h9,11-12H,4-8,10H2,1-3H3,(H,20,26). The normalized spacial score (nSPS) is 14.2. The predicted molar refractivity (Wildman–Crippen MR) is 101 cm³/mol. The maximum atomic E-state index is 12.8. The van der Waals surface area contributed by atoms with E-state index in [4.69, 9.17) is 11.6 Å². The first-order valence-electron chi connectivity index (χ1n) is 9.17. The van der Waals surface area contributed by atoms with Crippen molar-refractivity contribution in [2.45, 2.75) is 52.2 Å². The van der Waals surface area contributed by atoms with Crippen LogP contribution in [0, 0.1) is 0 Å². The second-order valence-corrected chi connectivity index (χ2v) is 7.56. The number of aryl methyl sites for hydroxylation is 3. The van der Waals surface area contributed by atoms with E-state index in [1.807, 2.05) is 24.6 Å². The van der Waals surface area contributed by atoms with Crippen LogP contribution in [0.1, 0.15) is 48.6 Å². The topological polar surface area (TPSA) is 85.1 Å². The lowest BCUT2D eigenvalue weighted by Crippen LogP contribution is -2.31. The Bertz CT molecular complexity index is 841. The molecule has 0 aliphatic carbocycles. The molecule has 8 nitrogen and oxygen atoms in total. The zero-order valence-corrected chi connectivity index (χ0v) is 16.7. The molecule has 0 saturated heterocycles. The zero-order valence-electron chi connectivity index (χ0n) is 15.9. The molecule has 0 atom stereocenters. The number of aromatic nitrogens is 4. The van der Waals surface area contributed by atoms with Gasteiger partial charge in [0.25, 0.3) is 5.91 Å². The molecule has 0 bridgehead atoms. The van der Waals surface area contributed by atoms with Crippen molar-refractivity contribution in [2.75, 3.05) is 6.54 Å². The van der Waals surface area contributed by atoms with Crippen molar-refractivity contribution in [3.05, 3.63) is 34.4 Å². The zero-order chi connectivity index (χ0) is 19.6. The van der Waals surface area contributed by atoms with Gasteiger partial charge in [0.05, 0.1) is 23.0 Å². The predicted octanol–water partition coefficient (Wildman–Crippen LogP) is 1.77. The van der Waals surface area contributed by atoms with Crippen LogP contribution >= 0.6 is 11.6 Å². The molecule has 0 saturated carbocycles. The molecule has 2 amide bonds. The second-order valence-electron chi connectivity index (χ2n) is 7.15. The summed E-state index contributed by atoms with van der Waals surface area (Å²) in [6.45, 7) is 5.71. The summed E-state index contributed by atoms with van der Waals surface area (Å²) >= 11 is 6.12. The second kappa shape index (κ2) is 8.12. The van der Waals surface area contributed by atoms with Gasteiger partial charge in [0, 0.05) is 45.2 Å². The van der Waals surface area contributed by atoms with Crippen LogP contribution in [0.2, 0.25) is 5.02 Å². The lowest BCUT2D eigenvalue weighted by atomic mass is 10.2. The van der Waals surface area contributed by atoms with Gasteiger partial charge in [0.1, 0.15) is 0 Å². The van der Waals surface area contributed by atoms with Gasteiger partial charge in [0.2, 0.25) is 5.91 Å². The summed E-state index contributed by atoms with van der Waals surface area (Å²) in [4.78, 5) is 26.4. The van der Waals surface area contributed by atoms with Gasteiger partial charge in [-0.15, -0.1) is 0 Å². The Kier molecular flexibility index (Phi) is 5.84. The van der Waals surface area contributed by atoms with Crippen LogP contribution in [-0.4, -0.2) is 48.9 Å². The Morgan fingerprint density at radius 1 is 1.30 bits per heavy atom. The van der Waals surface area contributed by atoms with Crippen molar-refractivity contribution < 1.29 is 9.59 Å². The minimum atomic E-state index is -0.173. The summed E-state index contributed by atoms with van der Waals surface area (Å²) in [5.41, 5.74) is 2.11. The number of nitrogens with zero attached hydrogens (tertiary/aromatic N) is 5. The molecule has 3 heterocycles. The van der Waals surface area contributed by atoms with Gasteiger partial charge < -0.3 is 10.2 Å². The highest BCUT2D eigenvalue weighted by Gasteiger charge is 2.25. The van der Waals surface area contributed by atoms with Gasteiger partial charge in [-0.3, -0.25) is 19.0 Å². The van der Waals surface area contributed by atoms with Gasteiger partial charge in [-0.1, -0.05) is 11.6 Å². The highest BCUT2D eigenvalue weighted by atomic mass is 35.5. The monoisotopic (exact) mass is 392 g/mol. The number of carbonyl (C=O) groups is 2. The molecular formula is C18H25ClN6O2. The lowest BCUT2D eigenvalue weighted by molar-refractivity contribution is -0.121. The number of nitrogens with one attached hydrogen (secondary N) is 1. The highest BCUT2D eigenvalue weighted by molar-refractivity contribution is 6.33. The van der Waals surface area contributed by atoms with Crippen LogP contribution in [0.3, 0.4) is 0 Å². The maximum absolute atomic E-state index is 12.8. The first kappa shape index (κ1) is 19.4. The molecule has 0 fully saturated rings. The number of fused-ring (bicyclic) bond motifs is 1. The Hall–Kier alpha value is -2.35. The van der Waals surface area contributed by atoms with E-state index in [1.165, 1.54) is 4.68 Å². The first-order valence-corrected chi connectivity index (χ1v) is 9.54. The Labute approximate surface area is 163 Å². The number of hydrogen-bond donors (Lipinski definition) is 1. The number of amides is 2. The van der Waals surface area contributed by atoms with E-state index in [0.717, 1.165) is 24.4 Å². The van der Waals surface area contributed by atoms with Crippen molar-refractivity contribution >= 4 is 23.4 Å². The van der Waals surface area contributed by atoms with Crippen molar-refractivity contribution in [3.8, 4) is 0 Å². The van der Waals surface area contributed by atoms with E-state index >= 15 is 0 Å². The Morgan fingerprint density at radius 2 is 2.07 bits per heavy atom. The van der Waals surface area contributed by atoms with E-state index in [1.54, 1.807) is 18.1 Å². The average Bonchev–Trinajstić information content (AvgIpc) is 3.07.